The summed E-state index contributed by atoms with van der Waals surface area (Å²) in [7, 11) is 0. The van der Waals surface area contributed by atoms with Gasteiger partial charge in [-0.1, -0.05) is 6.42 Å². The Morgan fingerprint density at radius 2 is 1.65 bits per heavy atom. The highest BCUT2D eigenvalue weighted by atomic mass is 16.6. The van der Waals surface area contributed by atoms with Crippen LogP contribution >= 0.6 is 0 Å². The van der Waals surface area contributed by atoms with Crippen molar-refractivity contribution in [1.29, 1.82) is 0 Å². The Morgan fingerprint density at radius 1 is 1.05 bits per heavy atom. The number of hydrogen-bond donors (Lipinski definition) is 2. The summed E-state index contributed by atoms with van der Waals surface area (Å²) in [6.45, 7) is 6.88. The highest BCUT2D eigenvalue weighted by molar-refractivity contribution is 5.68. The van der Waals surface area contributed by atoms with E-state index in [1.54, 1.807) is 0 Å². The fraction of sp³-hybridized carbons (Fsp3) is 0.938. The Bertz CT molecular complexity index is 313. The van der Waals surface area contributed by atoms with Crippen molar-refractivity contribution in [1.82, 2.24) is 10.6 Å². The molecule has 2 N–H and O–H groups in total. The summed E-state index contributed by atoms with van der Waals surface area (Å²) in [5.41, 5.74) is -0.411. The summed E-state index contributed by atoms with van der Waals surface area (Å²) in [4.78, 5) is 11.7. The Balaban J connectivity index is 1.59. The van der Waals surface area contributed by atoms with Crippen molar-refractivity contribution in [2.24, 2.45) is 5.92 Å². The smallest absolute Gasteiger partial charge is 0.407 e. The Labute approximate surface area is 123 Å². The van der Waals surface area contributed by atoms with Gasteiger partial charge in [0.15, 0.2) is 0 Å². The average Bonchev–Trinajstić information content (AvgIpc) is 2.26. The van der Waals surface area contributed by atoms with Crippen LogP contribution < -0.4 is 10.6 Å². The molecule has 2 aliphatic rings. The van der Waals surface area contributed by atoms with E-state index >= 15 is 0 Å². The maximum Gasteiger partial charge on any atom is 0.407 e. The second-order valence-corrected chi connectivity index (χ2v) is 7.40. The molecule has 0 spiro atoms. The SMILES string of the molecule is CC(C)(C)OC(=O)NC1CCC(NCC2CCC2)CC1. The van der Waals surface area contributed by atoms with Crippen molar-refractivity contribution in [2.45, 2.75) is 83.4 Å². The summed E-state index contributed by atoms with van der Waals surface area (Å²) in [6, 6.07) is 0.930. The standard InChI is InChI=1S/C16H30N2O2/c1-16(2,3)20-15(19)18-14-9-7-13(8-10-14)17-11-12-5-4-6-12/h12-14,17H,4-11H2,1-3H3,(H,18,19). The molecule has 0 aromatic heterocycles. The number of hydrogen-bond acceptors (Lipinski definition) is 3. The van der Waals surface area contributed by atoms with E-state index in [-0.39, 0.29) is 12.1 Å². The zero-order chi connectivity index (χ0) is 14.6. The third kappa shape index (κ3) is 5.31. The third-order valence-corrected chi connectivity index (χ3v) is 4.37. The van der Waals surface area contributed by atoms with Crippen LogP contribution in [0.2, 0.25) is 0 Å². The molecule has 2 saturated carbocycles. The van der Waals surface area contributed by atoms with Gasteiger partial charge in [0.05, 0.1) is 0 Å². The molecule has 0 aliphatic heterocycles. The van der Waals surface area contributed by atoms with Crippen LogP contribution in [-0.2, 0) is 4.74 Å². The van der Waals surface area contributed by atoms with Crippen molar-refractivity contribution in [3.05, 3.63) is 0 Å². The van der Waals surface area contributed by atoms with Gasteiger partial charge in [-0.05, 0) is 71.8 Å². The summed E-state index contributed by atoms with van der Waals surface area (Å²) >= 11 is 0. The highest BCUT2D eigenvalue weighted by Gasteiger charge is 2.25. The van der Waals surface area contributed by atoms with Gasteiger partial charge in [-0.15, -0.1) is 0 Å². The molecule has 116 valence electrons. The summed E-state index contributed by atoms with van der Waals surface area (Å²) in [6.07, 6.45) is 8.39. The lowest BCUT2D eigenvalue weighted by Crippen LogP contribution is -2.45. The number of carbonyl (C=O) groups is 1. The minimum absolute atomic E-state index is 0.275. The van der Waals surface area contributed by atoms with Gasteiger partial charge in [-0.2, -0.15) is 0 Å². The fourth-order valence-electron chi connectivity index (χ4n) is 2.95. The lowest BCUT2D eigenvalue weighted by atomic mass is 9.84. The van der Waals surface area contributed by atoms with Crippen molar-refractivity contribution in [3.63, 3.8) is 0 Å². The normalized spacial score (nSPS) is 27.8. The van der Waals surface area contributed by atoms with Crippen molar-refractivity contribution >= 4 is 6.09 Å². The van der Waals surface area contributed by atoms with Crippen LogP contribution in [0.3, 0.4) is 0 Å². The highest BCUT2D eigenvalue weighted by Crippen LogP contribution is 2.26. The largest absolute Gasteiger partial charge is 0.444 e. The van der Waals surface area contributed by atoms with Gasteiger partial charge in [0.25, 0.3) is 0 Å². The second-order valence-electron chi connectivity index (χ2n) is 7.40. The molecule has 1 amide bonds. The molecule has 0 atom stereocenters. The van der Waals surface area contributed by atoms with E-state index in [1.807, 2.05) is 20.8 Å². The molecule has 0 aromatic rings. The van der Waals surface area contributed by atoms with Crippen LogP contribution in [0, 0.1) is 5.92 Å². The van der Waals surface area contributed by atoms with E-state index < -0.39 is 5.60 Å². The van der Waals surface area contributed by atoms with Gasteiger partial charge in [-0.25, -0.2) is 4.79 Å². The van der Waals surface area contributed by atoms with E-state index in [2.05, 4.69) is 10.6 Å². The van der Waals surface area contributed by atoms with Crippen molar-refractivity contribution < 1.29 is 9.53 Å². The molecule has 4 heteroatoms. The molecular weight excluding hydrogens is 252 g/mol. The van der Waals surface area contributed by atoms with Gasteiger partial charge in [-0.3, -0.25) is 0 Å². The van der Waals surface area contributed by atoms with E-state index in [0.717, 1.165) is 31.6 Å². The lowest BCUT2D eigenvalue weighted by Gasteiger charge is -2.33. The molecular formula is C16H30N2O2. The number of alkyl carbamates (subject to hydrolysis) is 1. The molecule has 2 aliphatic carbocycles. The Morgan fingerprint density at radius 3 is 2.15 bits per heavy atom. The minimum Gasteiger partial charge on any atom is -0.444 e. The second kappa shape index (κ2) is 6.79. The molecule has 20 heavy (non-hydrogen) atoms. The predicted octanol–water partition coefficient (Wildman–Crippen LogP) is 3.21. The first kappa shape index (κ1) is 15.6. The van der Waals surface area contributed by atoms with Crippen LogP contribution in [0.5, 0.6) is 0 Å². The van der Waals surface area contributed by atoms with Gasteiger partial charge in [0.1, 0.15) is 5.60 Å². The topological polar surface area (TPSA) is 50.4 Å². The first-order valence-corrected chi connectivity index (χ1v) is 8.15. The molecule has 4 nitrogen and oxygen atoms in total. The number of ether oxygens (including phenoxy) is 1. The van der Waals surface area contributed by atoms with E-state index in [9.17, 15) is 4.79 Å². The van der Waals surface area contributed by atoms with Crippen LogP contribution in [0.1, 0.15) is 65.7 Å². The first-order chi connectivity index (χ1) is 9.42. The molecule has 2 fully saturated rings. The van der Waals surface area contributed by atoms with E-state index in [4.69, 9.17) is 4.74 Å². The number of rotatable bonds is 4. The van der Waals surface area contributed by atoms with E-state index in [0.29, 0.717) is 6.04 Å². The molecule has 0 unspecified atom stereocenters. The molecule has 0 bridgehead atoms. The van der Waals surface area contributed by atoms with Gasteiger partial charge in [0, 0.05) is 12.1 Å². The average molecular weight is 282 g/mol. The quantitative estimate of drug-likeness (QED) is 0.832. The fourth-order valence-corrected chi connectivity index (χ4v) is 2.95. The van der Waals surface area contributed by atoms with E-state index in [1.165, 1.54) is 25.8 Å². The third-order valence-electron chi connectivity index (χ3n) is 4.37. The maximum absolute atomic E-state index is 11.7. The lowest BCUT2D eigenvalue weighted by molar-refractivity contribution is 0.0489. The monoisotopic (exact) mass is 282 g/mol. The van der Waals surface area contributed by atoms with Crippen molar-refractivity contribution in [2.75, 3.05) is 6.54 Å². The molecule has 0 aromatic carbocycles. The summed E-state index contributed by atoms with van der Waals surface area (Å²) < 4.78 is 5.30. The van der Waals surface area contributed by atoms with Gasteiger partial charge >= 0.3 is 6.09 Å². The number of carbonyl (C=O) groups excluding carboxylic acids is 1. The predicted molar refractivity (Wildman–Crippen MR) is 80.8 cm³/mol. The van der Waals surface area contributed by atoms with Crippen LogP contribution in [-0.4, -0.2) is 30.3 Å². The zero-order valence-electron chi connectivity index (χ0n) is 13.2. The Hall–Kier alpha value is -0.770. The molecule has 0 radical (unpaired) electrons. The van der Waals surface area contributed by atoms with Crippen LogP contribution in [0.4, 0.5) is 4.79 Å². The number of nitrogens with one attached hydrogen (secondary N) is 2. The maximum atomic E-state index is 11.7. The van der Waals surface area contributed by atoms with Gasteiger partial charge in [0.2, 0.25) is 0 Å². The molecule has 2 rings (SSSR count). The van der Waals surface area contributed by atoms with Crippen molar-refractivity contribution in [3.8, 4) is 0 Å². The number of amides is 1. The molecule has 0 saturated heterocycles. The van der Waals surface area contributed by atoms with Crippen LogP contribution in [0.25, 0.3) is 0 Å². The first-order valence-electron chi connectivity index (χ1n) is 8.15. The Kier molecular flexibility index (Phi) is 5.30. The summed E-state index contributed by atoms with van der Waals surface area (Å²) in [5, 5.41) is 6.69. The zero-order valence-corrected chi connectivity index (χ0v) is 13.2. The van der Waals surface area contributed by atoms with Gasteiger partial charge < -0.3 is 15.4 Å². The minimum atomic E-state index is -0.411. The molecule has 0 heterocycles. The van der Waals surface area contributed by atoms with Crippen LogP contribution in [0.15, 0.2) is 0 Å². The summed E-state index contributed by atoms with van der Waals surface area (Å²) in [5.74, 6) is 0.924.